The van der Waals surface area contributed by atoms with Crippen LogP contribution in [0.15, 0.2) is 47.4 Å². The van der Waals surface area contributed by atoms with Crippen molar-refractivity contribution in [3.8, 4) is 0 Å². The van der Waals surface area contributed by atoms with Crippen LogP contribution in [0.3, 0.4) is 0 Å². The van der Waals surface area contributed by atoms with E-state index in [2.05, 4.69) is 5.32 Å². The number of benzene rings is 2. The highest BCUT2D eigenvalue weighted by Crippen LogP contribution is 2.28. The number of nitrogens with zero attached hydrogens (tertiary/aromatic N) is 1. The molecule has 150 valence electrons. The molecule has 0 saturated carbocycles. The Hall–Kier alpha value is -2.18. The van der Waals surface area contributed by atoms with Gasteiger partial charge < -0.3 is 5.32 Å². The molecule has 1 amide bonds. The molecule has 0 aliphatic carbocycles. The van der Waals surface area contributed by atoms with Crippen LogP contribution in [0.25, 0.3) is 0 Å². The summed E-state index contributed by atoms with van der Waals surface area (Å²) in [5.74, 6) is -0.143. The van der Waals surface area contributed by atoms with E-state index in [1.165, 1.54) is 4.31 Å². The van der Waals surface area contributed by atoms with E-state index in [1.54, 1.807) is 30.3 Å². The molecule has 1 unspecified atom stereocenters. The molecule has 2 aromatic carbocycles. The van der Waals surface area contributed by atoms with Gasteiger partial charge in [-0.2, -0.15) is 4.31 Å². The summed E-state index contributed by atoms with van der Waals surface area (Å²) in [4.78, 5) is 13.0. The van der Waals surface area contributed by atoms with Crippen LogP contribution >= 0.6 is 0 Å². The van der Waals surface area contributed by atoms with Crippen molar-refractivity contribution >= 4 is 21.6 Å². The van der Waals surface area contributed by atoms with Gasteiger partial charge in [0.1, 0.15) is 0 Å². The molecule has 1 atom stereocenters. The summed E-state index contributed by atoms with van der Waals surface area (Å²) in [5, 5.41) is 3.00. The summed E-state index contributed by atoms with van der Waals surface area (Å²) in [7, 11) is -3.60. The summed E-state index contributed by atoms with van der Waals surface area (Å²) in [6.45, 7) is 6.43. The lowest BCUT2D eigenvalue weighted by molar-refractivity contribution is -0.117. The second-order valence-corrected chi connectivity index (χ2v) is 9.49. The number of hydrogen-bond acceptors (Lipinski definition) is 3. The van der Waals surface area contributed by atoms with Crippen molar-refractivity contribution < 1.29 is 13.2 Å². The van der Waals surface area contributed by atoms with E-state index in [0.29, 0.717) is 13.0 Å². The van der Waals surface area contributed by atoms with Gasteiger partial charge in [-0.15, -0.1) is 0 Å². The fourth-order valence-electron chi connectivity index (χ4n) is 4.00. The van der Waals surface area contributed by atoms with Gasteiger partial charge in [0.05, 0.1) is 4.90 Å². The highest BCUT2D eigenvalue weighted by Gasteiger charge is 2.34. The Kier molecular flexibility index (Phi) is 6.20. The topological polar surface area (TPSA) is 66.5 Å². The molecule has 1 aliphatic rings. The average molecular weight is 401 g/mol. The Labute approximate surface area is 167 Å². The lowest BCUT2D eigenvalue weighted by Crippen LogP contribution is -2.45. The summed E-state index contributed by atoms with van der Waals surface area (Å²) in [6, 6.07) is 12.2. The number of carbonyl (C=O) groups is 1. The molecule has 3 rings (SSSR count). The standard InChI is InChI=1S/C22H28N2O3S/c1-16-13-17(2)22(18(3)14-16)23-21(25)15-19-9-7-8-12-24(19)28(26,27)20-10-5-4-6-11-20/h4-6,10-11,13-14,19H,7-9,12,15H2,1-3H3,(H,23,25). The van der Waals surface area contributed by atoms with Crippen molar-refractivity contribution in [2.24, 2.45) is 0 Å². The minimum atomic E-state index is -3.60. The summed E-state index contributed by atoms with van der Waals surface area (Å²) < 4.78 is 27.7. The van der Waals surface area contributed by atoms with Crippen LogP contribution in [0.1, 0.15) is 42.4 Å². The predicted molar refractivity (Wildman–Crippen MR) is 112 cm³/mol. The maximum absolute atomic E-state index is 13.1. The van der Waals surface area contributed by atoms with Crippen LogP contribution in [0.4, 0.5) is 5.69 Å². The van der Waals surface area contributed by atoms with Crippen LogP contribution in [0.2, 0.25) is 0 Å². The fraction of sp³-hybridized carbons (Fsp3) is 0.409. The molecule has 1 fully saturated rings. The molecule has 1 saturated heterocycles. The number of piperidine rings is 1. The number of anilines is 1. The normalized spacial score (nSPS) is 18.0. The van der Waals surface area contributed by atoms with Gasteiger partial charge in [0.15, 0.2) is 0 Å². The fourth-order valence-corrected chi connectivity index (χ4v) is 5.72. The maximum atomic E-state index is 13.1. The van der Waals surface area contributed by atoms with Crippen LogP contribution < -0.4 is 5.32 Å². The zero-order valence-corrected chi connectivity index (χ0v) is 17.6. The number of carbonyl (C=O) groups excluding carboxylic acids is 1. The van der Waals surface area contributed by atoms with E-state index in [0.717, 1.165) is 35.2 Å². The Balaban J connectivity index is 1.77. The summed E-state index contributed by atoms with van der Waals surface area (Å²) >= 11 is 0. The summed E-state index contributed by atoms with van der Waals surface area (Å²) in [6.07, 6.45) is 2.62. The SMILES string of the molecule is Cc1cc(C)c(NC(=O)CC2CCCCN2S(=O)(=O)c2ccccc2)c(C)c1. The lowest BCUT2D eigenvalue weighted by Gasteiger charge is -2.34. The Morgan fingerprint density at radius 2 is 1.71 bits per heavy atom. The molecular formula is C22H28N2O3S. The first-order chi connectivity index (χ1) is 13.3. The third kappa shape index (κ3) is 4.45. The summed E-state index contributed by atoms with van der Waals surface area (Å²) in [5.41, 5.74) is 4.01. The van der Waals surface area contributed by atoms with Gasteiger partial charge in [0.25, 0.3) is 0 Å². The zero-order valence-electron chi connectivity index (χ0n) is 16.7. The molecule has 1 N–H and O–H groups in total. The van der Waals surface area contributed by atoms with Gasteiger partial charge in [-0.05, 0) is 56.9 Å². The van der Waals surface area contributed by atoms with Crippen molar-refractivity contribution in [3.63, 3.8) is 0 Å². The first kappa shape index (κ1) is 20.6. The van der Waals surface area contributed by atoms with Crippen molar-refractivity contribution in [1.29, 1.82) is 0 Å². The number of rotatable bonds is 5. The Morgan fingerprint density at radius 3 is 2.36 bits per heavy atom. The molecule has 1 aliphatic heterocycles. The Morgan fingerprint density at radius 1 is 1.07 bits per heavy atom. The van der Waals surface area contributed by atoms with Gasteiger partial charge in [-0.25, -0.2) is 8.42 Å². The zero-order chi connectivity index (χ0) is 20.3. The van der Waals surface area contributed by atoms with Gasteiger partial charge in [0.2, 0.25) is 15.9 Å². The van der Waals surface area contributed by atoms with E-state index >= 15 is 0 Å². The smallest absolute Gasteiger partial charge is 0.243 e. The van der Waals surface area contributed by atoms with Crippen LogP contribution in [-0.2, 0) is 14.8 Å². The monoisotopic (exact) mass is 400 g/mol. The number of nitrogens with one attached hydrogen (secondary N) is 1. The molecule has 0 radical (unpaired) electrons. The van der Waals surface area contributed by atoms with E-state index in [1.807, 2.05) is 32.9 Å². The third-order valence-electron chi connectivity index (χ3n) is 5.29. The molecule has 0 bridgehead atoms. The third-order valence-corrected chi connectivity index (χ3v) is 7.25. The van der Waals surface area contributed by atoms with Gasteiger partial charge >= 0.3 is 0 Å². The first-order valence-electron chi connectivity index (χ1n) is 9.73. The lowest BCUT2D eigenvalue weighted by atomic mass is 10.0. The van der Waals surface area contributed by atoms with Crippen molar-refractivity contribution in [3.05, 3.63) is 59.2 Å². The Bertz CT molecular complexity index is 932. The van der Waals surface area contributed by atoms with Gasteiger partial charge in [-0.3, -0.25) is 4.79 Å². The minimum Gasteiger partial charge on any atom is -0.326 e. The van der Waals surface area contributed by atoms with E-state index in [4.69, 9.17) is 0 Å². The molecule has 6 heteroatoms. The van der Waals surface area contributed by atoms with Crippen LogP contribution in [0, 0.1) is 20.8 Å². The molecular weight excluding hydrogens is 372 g/mol. The van der Waals surface area contributed by atoms with Crippen LogP contribution in [-0.4, -0.2) is 31.2 Å². The quantitative estimate of drug-likeness (QED) is 0.819. The van der Waals surface area contributed by atoms with E-state index in [-0.39, 0.29) is 23.3 Å². The van der Waals surface area contributed by atoms with Gasteiger partial charge in [0, 0.05) is 24.7 Å². The van der Waals surface area contributed by atoms with Crippen molar-refractivity contribution in [1.82, 2.24) is 4.31 Å². The highest BCUT2D eigenvalue weighted by molar-refractivity contribution is 7.89. The van der Waals surface area contributed by atoms with Crippen LogP contribution in [0.5, 0.6) is 0 Å². The second-order valence-electron chi connectivity index (χ2n) is 7.60. The molecule has 0 aromatic heterocycles. The number of sulfonamides is 1. The molecule has 28 heavy (non-hydrogen) atoms. The predicted octanol–water partition coefficient (Wildman–Crippen LogP) is 4.18. The molecule has 2 aromatic rings. The highest BCUT2D eigenvalue weighted by atomic mass is 32.2. The first-order valence-corrected chi connectivity index (χ1v) is 11.2. The second kappa shape index (κ2) is 8.45. The number of hydrogen-bond donors (Lipinski definition) is 1. The molecule has 1 heterocycles. The van der Waals surface area contributed by atoms with Gasteiger partial charge in [-0.1, -0.05) is 42.3 Å². The van der Waals surface area contributed by atoms with Crippen molar-refractivity contribution in [2.45, 2.75) is 57.4 Å². The average Bonchev–Trinajstić information content (AvgIpc) is 2.65. The molecule has 5 nitrogen and oxygen atoms in total. The van der Waals surface area contributed by atoms with E-state index < -0.39 is 10.0 Å². The maximum Gasteiger partial charge on any atom is 0.243 e. The molecule has 0 spiro atoms. The number of amides is 1. The van der Waals surface area contributed by atoms with E-state index in [9.17, 15) is 13.2 Å². The van der Waals surface area contributed by atoms with Crippen molar-refractivity contribution in [2.75, 3.05) is 11.9 Å². The number of aryl methyl sites for hydroxylation is 3. The largest absolute Gasteiger partial charge is 0.326 e. The minimum absolute atomic E-state index is 0.143.